The molecule has 0 radical (unpaired) electrons. The second-order valence-electron chi connectivity index (χ2n) is 6.23. The Morgan fingerprint density at radius 1 is 1.19 bits per heavy atom. The smallest absolute Gasteiger partial charge is 0.310 e. The first kappa shape index (κ1) is 20.7. The summed E-state index contributed by atoms with van der Waals surface area (Å²) in [5, 5.41) is 2.90. The first-order valence-corrected chi connectivity index (χ1v) is 9.60. The van der Waals surface area contributed by atoms with Gasteiger partial charge in [0.1, 0.15) is 4.90 Å². The fraction of sp³-hybridized carbons (Fsp3) is 0.250. The lowest BCUT2D eigenvalue weighted by Crippen LogP contribution is -2.22. The number of hydrogen-bond acceptors (Lipinski definition) is 4. The highest BCUT2D eigenvalue weighted by Crippen LogP contribution is 3.02. The summed E-state index contributed by atoms with van der Waals surface area (Å²) in [5.74, 6) is 0.299. The molecule has 0 spiro atoms. The fourth-order valence-corrected chi connectivity index (χ4v) is 2.89. The summed E-state index contributed by atoms with van der Waals surface area (Å²) in [7, 11) is -6.33. The molecular weight excluding hydrogens is 391 g/mol. The van der Waals surface area contributed by atoms with Gasteiger partial charge in [0.15, 0.2) is 0 Å². The van der Waals surface area contributed by atoms with Gasteiger partial charge in [0.25, 0.3) is 5.56 Å². The summed E-state index contributed by atoms with van der Waals surface area (Å²) in [6.45, 7) is 5.38. The Kier molecular flexibility index (Phi) is 4.59. The third-order valence-electron chi connectivity index (χ3n) is 3.68. The molecule has 2 rings (SSSR count). The molecule has 2 aromatic rings. The van der Waals surface area contributed by atoms with E-state index in [2.05, 4.69) is 21.9 Å². The Morgan fingerprint density at radius 3 is 2.22 bits per heavy atom. The van der Waals surface area contributed by atoms with Crippen LogP contribution in [-0.2, 0) is 0 Å². The first-order chi connectivity index (χ1) is 12.1. The number of halogens is 5. The Hall–Kier alpha value is -2.56. The average Bonchev–Trinajstić information content (AvgIpc) is 2.52. The van der Waals surface area contributed by atoms with Crippen LogP contribution in [-0.4, -0.2) is 24.1 Å². The van der Waals surface area contributed by atoms with Gasteiger partial charge in [0.05, 0.1) is 11.4 Å². The van der Waals surface area contributed by atoms with E-state index in [4.69, 9.17) is 0 Å². The highest BCUT2D eigenvalue weighted by molar-refractivity contribution is 8.45. The van der Waals surface area contributed by atoms with E-state index in [1.54, 1.807) is 25.9 Å². The van der Waals surface area contributed by atoms with Crippen LogP contribution in [0, 0.1) is 0 Å². The zero-order valence-electron chi connectivity index (χ0n) is 14.8. The molecule has 0 aliphatic rings. The van der Waals surface area contributed by atoms with Crippen LogP contribution in [0.3, 0.4) is 0 Å². The van der Waals surface area contributed by atoms with E-state index in [0.29, 0.717) is 23.6 Å². The maximum Gasteiger partial charge on any atom is 0.310 e. The molecule has 0 saturated carbocycles. The number of rotatable bonds is 6. The van der Waals surface area contributed by atoms with Crippen molar-refractivity contribution in [2.24, 2.45) is 0 Å². The summed E-state index contributed by atoms with van der Waals surface area (Å²) in [6, 6.07) is 3.30. The summed E-state index contributed by atoms with van der Waals surface area (Å²) in [6.07, 6.45) is 0. The average molecular weight is 410 g/mol. The molecule has 5 nitrogen and oxygen atoms in total. The van der Waals surface area contributed by atoms with Gasteiger partial charge in [-0.25, -0.2) is 4.98 Å². The first-order valence-electron chi connectivity index (χ1n) is 7.65. The molecular formula is C16H19F5N4OS. The molecule has 150 valence electrons. The maximum absolute atomic E-state index is 12.8. The van der Waals surface area contributed by atoms with E-state index in [0.717, 1.165) is 12.1 Å². The van der Waals surface area contributed by atoms with Gasteiger partial charge in [-0.1, -0.05) is 38.1 Å². The fourth-order valence-electron chi connectivity index (χ4n) is 2.24. The molecule has 2 N–H and O–H groups in total. The molecule has 0 aliphatic heterocycles. The Balaban J connectivity index is 2.22. The Labute approximate surface area is 152 Å². The number of hydrogen-bond donors (Lipinski definition) is 2. The zero-order valence-corrected chi connectivity index (χ0v) is 15.6. The minimum Gasteiger partial charge on any atom is -0.377 e. The Bertz CT molecular complexity index is 923. The van der Waals surface area contributed by atoms with Gasteiger partial charge < -0.3 is 10.2 Å². The van der Waals surface area contributed by atoms with Crippen LogP contribution in [0.5, 0.6) is 0 Å². The summed E-state index contributed by atoms with van der Waals surface area (Å²) < 4.78 is 63.9. The number of H-pyrrole nitrogens is 1. The van der Waals surface area contributed by atoms with Crippen molar-refractivity contribution in [1.29, 1.82) is 0 Å². The van der Waals surface area contributed by atoms with E-state index in [9.17, 15) is 24.2 Å². The molecule has 0 amide bonds. The second kappa shape index (κ2) is 5.98. The lowest BCUT2D eigenvalue weighted by atomic mass is 10.1. The molecule has 0 aliphatic carbocycles. The summed E-state index contributed by atoms with van der Waals surface area (Å²) in [5.41, 5.74) is 0.436. The van der Waals surface area contributed by atoms with E-state index in [1.807, 2.05) is 0 Å². The standard InChI is InChI=1S/C16H19F5N4OS/c1-10(12-5-7-13(8-6-12)27(17,18,19,20)21)22-11(2)14-9-15(26)24-16(23-14)25(3)4/h5-10,22H,2H2,1,3-4H3,(H,23,24,26)/t10-/m1/s1. The monoisotopic (exact) mass is 410 g/mol. The Morgan fingerprint density at radius 2 is 1.74 bits per heavy atom. The van der Waals surface area contributed by atoms with E-state index >= 15 is 0 Å². The van der Waals surface area contributed by atoms with Crippen molar-refractivity contribution in [3.63, 3.8) is 0 Å². The minimum atomic E-state index is -9.70. The second-order valence-corrected chi connectivity index (χ2v) is 8.64. The molecule has 11 heteroatoms. The van der Waals surface area contributed by atoms with Crippen molar-refractivity contribution < 1.29 is 19.4 Å². The van der Waals surface area contributed by atoms with Crippen molar-refractivity contribution in [3.8, 4) is 0 Å². The van der Waals surface area contributed by atoms with Crippen molar-refractivity contribution in [3.05, 3.63) is 58.5 Å². The van der Waals surface area contributed by atoms with Crippen LogP contribution in [0.4, 0.5) is 25.4 Å². The number of aromatic nitrogens is 2. The van der Waals surface area contributed by atoms with Crippen LogP contribution in [0.1, 0.15) is 24.2 Å². The number of nitrogens with zero attached hydrogens (tertiary/aromatic N) is 2. The van der Waals surface area contributed by atoms with Gasteiger partial charge >= 0.3 is 10.2 Å². The van der Waals surface area contributed by atoms with Crippen molar-refractivity contribution >= 4 is 21.9 Å². The quantitative estimate of drug-likeness (QED) is 0.671. The van der Waals surface area contributed by atoms with Crippen molar-refractivity contribution in [2.45, 2.75) is 17.9 Å². The van der Waals surface area contributed by atoms with Crippen molar-refractivity contribution in [2.75, 3.05) is 19.0 Å². The number of anilines is 1. The van der Waals surface area contributed by atoms with E-state index < -0.39 is 26.7 Å². The predicted molar refractivity (Wildman–Crippen MR) is 97.6 cm³/mol. The normalized spacial score (nSPS) is 15.4. The number of nitrogens with one attached hydrogen (secondary N) is 2. The predicted octanol–water partition coefficient (Wildman–Crippen LogP) is 4.81. The van der Waals surface area contributed by atoms with Gasteiger partial charge in [0, 0.05) is 26.2 Å². The van der Waals surface area contributed by atoms with Crippen LogP contribution >= 0.6 is 10.2 Å². The molecule has 0 saturated heterocycles. The zero-order chi connectivity index (χ0) is 20.7. The van der Waals surface area contributed by atoms with Crippen LogP contribution in [0.25, 0.3) is 5.70 Å². The van der Waals surface area contributed by atoms with Crippen LogP contribution < -0.4 is 15.8 Å². The van der Waals surface area contributed by atoms with Gasteiger partial charge in [-0.2, -0.15) is 0 Å². The van der Waals surface area contributed by atoms with E-state index in [1.165, 1.54) is 6.07 Å². The van der Waals surface area contributed by atoms with E-state index in [-0.39, 0.29) is 11.4 Å². The third-order valence-corrected chi connectivity index (χ3v) is 4.84. The van der Waals surface area contributed by atoms with Gasteiger partial charge in [0.2, 0.25) is 5.95 Å². The third kappa shape index (κ3) is 5.22. The highest BCUT2D eigenvalue weighted by Gasteiger charge is 2.65. The molecule has 1 aromatic carbocycles. The summed E-state index contributed by atoms with van der Waals surface area (Å²) >= 11 is 0. The maximum atomic E-state index is 12.8. The SMILES string of the molecule is C=C(N[C@H](C)c1ccc(S(F)(F)(F)(F)F)cc1)c1cc(=O)[nH]c(N(C)C)n1. The lowest BCUT2D eigenvalue weighted by molar-refractivity contribution is 0.364. The molecule has 0 bridgehead atoms. The topological polar surface area (TPSA) is 61.0 Å². The molecule has 1 aromatic heterocycles. The number of benzene rings is 1. The van der Waals surface area contributed by atoms with Gasteiger partial charge in [-0.15, -0.1) is 0 Å². The van der Waals surface area contributed by atoms with Crippen molar-refractivity contribution in [1.82, 2.24) is 15.3 Å². The number of aromatic amines is 1. The molecule has 0 unspecified atom stereocenters. The van der Waals surface area contributed by atoms with Crippen LogP contribution in [0.15, 0.2) is 46.6 Å². The molecule has 1 atom stereocenters. The largest absolute Gasteiger partial charge is 0.377 e. The molecule has 1 heterocycles. The minimum absolute atomic E-state index is 0.248. The summed E-state index contributed by atoms with van der Waals surface area (Å²) in [4.78, 5) is 18.1. The highest BCUT2D eigenvalue weighted by atomic mass is 32.5. The molecule has 0 fully saturated rings. The molecule has 27 heavy (non-hydrogen) atoms. The lowest BCUT2D eigenvalue weighted by Gasteiger charge is -2.40. The van der Waals surface area contributed by atoms with Gasteiger partial charge in [-0.05, 0) is 24.6 Å². The van der Waals surface area contributed by atoms with Gasteiger partial charge in [-0.3, -0.25) is 9.78 Å². The van der Waals surface area contributed by atoms with Crippen LogP contribution in [0.2, 0.25) is 0 Å².